The fourth-order valence-corrected chi connectivity index (χ4v) is 4.10. The maximum Gasteiger partial charge on any atom is 0.185 e. The molecule has 0 amide bonds. The normalized spacial score (nSPS) is 14.4. The molecule has 2 aromatic carbocycles. The fourth-order valence-electron chi connectivity index (χ4n) is 4.10. The van der Waals surface area contributed by atoms with Gasteiger partial charge in [-0.15, -0.1) is 0 Å². The molecule has 0 bridgehead atoms. The fraction of sp³-hybridized carbons (Fsp3) is 0.360. The van der Waals surface area contributed by atoms with Gasteiger partial charge in [-0.1, -0.05) is 27.4 Å². The molecule has 2 aromatic rings. The summed E-state index contributed by atoms with van der Waals surface area (Å²) in [5.74, 6) is -1.28. The molecule has 0 unspecified atom stereocenters. The molecule has 1 fully saturated rings. The zero-order valence-electron chi connectivity index (χ0n) is 19.3. The third kappa shape index (κ3) is 5.01. The molecule has 1 heterocycles. The number of anilines is 2. The number of aldehydes is 1. The van der Waals surface area contributed by atoms with Crippen LogP contribution in [0.15, 0.2) is 36.9 Å². The number of halogens is 1. The Kier molecular flexibility index (Phi) is 7.38. The zero-order valence-corrected chi connectivity index (χ0v) is 19.3. The van der Waals surface area contributed by atoms with Gasteiger partial charge in [-0.3, -0.25) is 15.1 Å². The van der Waals surface area contributed by atoms with E-state index in [4.69, 9.17) is 5.41 Å². The molecule has 0 saturated carbocycles. The third-order valence-electron chi connectivity index (χ3n) is 6.05. The van der Waals surface area contributed by atoms with Gasteiger partial charge in [-0.2, -0.15) is 0 Å². The van der Waals surface area contributed by atoms with Crippen molar-refractivity contribution in [2.75, 3.05) is 42.5 Å². The average Bonchev–Trinajstić information content (AvgIpc) is 2.79. The van der Waals surface area contributed by atoms with Crippen LogP contribution in [0.1, 0.15) is 37.8 Å². The first-order valence-electron chi connectivity index (χ1n) is 11.0. The SMILES string of the molecule is C=C(c1cc(C(C)C)c(O)cc1O)N(C(=N)C=O)c1ccc(N2CCN(CC)CC2)c(F)c1. The van der Waals surface area contributed by atoms with Crippen molar-refractivity contribution in [2.45, 2.75) is 26.7 Å². The number of amidine groups is 1. The number of carbonyl (C=O) groups excluding carboxylic acids is 1. The van der Waals surface area contributed by atoms with Crippen molar-refractivity contribution in [2.24, 2.45) is 0 Å². The monoisotopic (exact) mass is 454 g/mol. The second-order valence-electron chi connectivity index (χ2n) is 8.43. The van der Waals surface area contributed by atoms with Gasteiger partial charge in [0.2, 0.25) is 0 Å². The first-order valence-corrected chi connectivity index (χ1v) is 11.0. The van der Waals surface area contributed by atoms with Crippen LogP contribution in [-0.2, 0) is 4.79 Å². The van der Waals surface area contributed by atoms with Crippen molar-refractivity contribution in [3.8, 4) is 11.5 Å². The number of rotatable bonds is 7. The van der Waals surface area contributed by atoms with E-state index in [1.807, 2.05) is 18.7 Å². The number of carbonyl (C=O) groups is 1. The Balaban J connectivity index is 1.97. The summed E-state index contributed by atoms with van der Waals surface area (Å²) in [6.07, 6.45) is 0.335. The van der Waals surface area contributed by atoms with Crippen LogP contribution in [0.2, 0.25) is 0 Å². The molecule has 33 heavy (non-hydrogen) atoms. The number of hydrogen-bond donors (Lipinski definition) is 3. The number of benzene rings is 2. The quantitative estimate of drug-likeness (QED) is 0.331. The number of nitrogens with zero attached hydrogens (tertiary/aromatic N) is 3. The maximum absolute atomic E-state index is 15.2. The van der Waals surface area contributed by atoms with E-state index in [1.54, 1.807) is 18.2 Å². The van der Waals surface area contributed by atoms with Gasteiger partial charge >= 0.3 is 0 Å². The van der Waals surface area contributed by atoms with Crippen LogP contribution in [0.4, 0.5) is 15.8 Å². The highest BCUT2D eigenvalue weighted by Crippen LogP contribution is 2.38. The van der Waals surface area contributed by atoms with Crippen LogP contribution in [-0.4, -0.2) is 60.0 Å². The van der Waals surface area contributed by atoms with Crippen LogP contribution < -0.4 is 9.80 Å². The Hall–Kier alpha value is -3.39. The molecule has 0 aliphatic carbocycles. The summed E-state index contributed by atoms with van der Waals surface area (Å²) in [6.45, 7) is 13.9. The van der Waals surface area contributed by atoms with Crippen LogP contribution in [0.3, 0.4) is 0 Å². The molecule has 3 rings (SSSR count). The molecule has 176 valence electrons. The second kappa shape index (κ2) is 10.0. The summed E-state index contributed by atoms with van der Waals surface area (Å²) in [5.41, 5.74) is 1.64. The Morgan fingerprint density at radius 3 is 2.39 bits per heavy atom. The molecule has 1 aliphatic heterocycles. The average molecular weight is 455 g/mol. The van der Waals surface area contributed by atoms with E-state index in [0.29, 0.717) is 30.6 Å². The molecule has 1 aliphatic rings. The van der Waals surface area contributed by atoms with Crippen molar-refractivity contribution >= 4 is 29.2 Å². The molecule has 7 nitrogen and oxygen atoms in total. The highest BCUT2D eigenvalue weighted by atomic mass is 19.1. The lowest BCUT2D eigenvalue weighted by Crippen LogP contribution is -2.46. The number of aromatic hydroxyl groups is 2. The molecule has 0 radical (unpaired) electrons. The van der Waals surface area contributed by atoms with Gasteiger partial charge in [0, 0.05) is 43.9 Å². The van der Waals surface area contributed by atoms with E-state index in [-0.39, 0.29) is 34.4 Å². The lowest BCUT2D eigenvalue weighted by Gasteiger charge is -2.36. The zero-order chi connectivity index (χ0) is 24.3. The standard InChI is InChI=1S/C25H31FN4O3/c1-5-28-8-10-29(11-9-28)22-7-6-18(12-21(22)26)30(25(27)15-31)17(4)20-13-19(16(2)3)23(32)14-24(20)33/h6-7,12-16,27,32-33H,4-5,8-11H2,1-3H3. The van der Waals surface area contributed by atoms with E-state index in [9.17, 15) is 15.0 Å². The number of hydrogen-bond acceptors (Lipinski definition) is 6. The Bertz CT molecular complexity index is 1060. The van der Waals surface area contributed by atoms with E-state index in [1.165, 1.54) is 17.0 Å². The van der Waals surface area contributed by atoms with E-state index < -0.39 is 11.7 Å². The first-order chi connectivity index (χ1) is 15.7. The van der Waals surface area contributed by atoms with Crippen molar-refractivity contribution < 1.29 is 19.4 Å². The third-order valence-corrected chi connectivity index (χ3v) is 6.05. The molecule has 0 aromatic heterocycles. The topological polar surface area (TPSA) is 91.1 Å². The number of nitrogens with one attached hydrogen (secondary N) is 1. The summed E-state index contributed by atoms with van der Waals surface area (Å²) in [5, 5.41) is 28.7. The summed E-state index contributed by atoms with van der Waals surface area (Å²) in [7, 11) is 0. The molecule has 0 atom stereocenters. The lowest BCUT2D eigenvalue weighted by atomic mass is 9.97. The minimum Gasteiger partial charge on any atom is -0.508 e. The van der Waals surface area contributed by atoms with E-state index in [0.717, 1.165) is 19.6 Å². The number of phenols is 2. The van der Waals surface area contributed by atoms with Crippen molar-refractivity contribution in [1.29, 1.82) is 5.41 Å². The maximum atomic E-state index is 15.2. The Morgan fingerprint density at radius 2 is 1.85 bits per heavy atom. The molecular formula is C25H31FN4O3. The number of likely N-dealkylation sites (N-methyl/N-ethyl adjacent to an activating group) is 1. The highest BCUT2D eigenvalue weighted by Gasteiger charge is 2.24. The van der Waals surface area contributed by atoms with Gasteiger partial charge in [0.25, 0.3) is 0 Å². The van der Waals surface area contributed by atoms with Gasteiger partial charge in [0.1, 0.15) is 17.3 Å². The number of piperazine rings is 1. The van der Waals surface area contributed by atoms with Crippen LogP contribution in [0.5, 0.6) is 11.5 Å². The van der Waals surface area contributed by atoms with Gasteiger partial charge in [-0.05, 0) is 36.2 Å². The van der Waals surface area contributed by atoms with E-state index >= 15 is 4.39 Å². The molecule has 1 saturated heterocycles. The number of phenolic OH excluding ortho intramolecular Hbond substituents is 2. The summed E-state index contributed by atoms with van der Waals surface area (Å²) >= 11 is 0. The van der Waals surface area contributed by atoms with Gasteiger partial charge in [0.05, 0.1) is 17.1 Å². The predicted octanol–water partition coefficient (Wildman–Crippen LogP) is 4.16. The molecular weight excluding hydrogens is 423 g/mol. The smallest absolute Gasteiger partial charge is 0.185 e. The molecule has 3 N–H and O–H groups in total. The Morgan fingerprint density at radius 1 is 1.18 bits per heavy atom. The van der Waals surface area contributed by atoms with Crippen LogP contribution in [0, 0.1) is 11.2 Å². The Labute approximate surface area is 193 Å². The van der Waals surface area contributed by atoms with Gasteiger partial charge in [0.15, 0.2) is 12.1 Å². The summed E-state index contributed by atoms with van der Waals surface area (Å²) in [4.78, 5) is 17.0. The van der Waals surface area contributed by atoms with Crippen molar-refractivity contribution in [1.82, 2.24) is 4.90 Å². The minimum absolute atomic E-state index is 0.0407. The predicted molar refractivity (Wildman–Crippen MR) is 130 cm³/mol. The van der Waals surface area contributed by atoms with Crippen LogP contribution in [0.25, 0.3) is 5.70 Å². The van der Waals surface area contributed by atoms with Gasteiger partial charge < -0.3 is 20.0 Å². The van der Waals surface area contributed by atoms with Crippen LogP contribution >= 0.6 is 0 Å². The second-order valence-corrected chi connectivity index (χ2v) is 8.43. The van der Waals surface area contributed by atoms with E-state index in [2.05, 4.69) is 18.4 Å². The van der Waals surface area contributed by atoms with Gasteiger partial charge in [-0.25, -0.2) is 4.39 Å². The lowest BCUT2D eigenvalue weighted by molar-refractivity contribution is -0.102. The highest BCUT2D eigenvalue weighted by molar-refractivity contribution is 6.35. The molecule has 8 heteroatoms. The summed E-state index contributed by atoms with van der Waals surface area (Å²) in [6, 6.07) is 7.32. The first kappa shape index (κ1) is 24.3. The van der Waals surface area contributed by atoms with Crippen molar-refractivity contribution in [3.63, 3.8) is 0 Å². The summed E-state index contributed by atoms with van der Waals surface area (Å²) < 4.78 is 15.2. The van der Waals surface area contributed by atoms with Crippen molar-refractivity contribution in [3.05, 3.63) is 53.9 Å². The minimum atomic E-state index is -0.466. The molecule has 0 spiro atoms. The largest absolute Gasteiger partial charge is 0.508 e.